The number of aliphatic hydroxyl groups is 1. The quantitative estimate of drug-likeness (QED) is 0.829. The van der Waals surface area contributed by atoms with Crippen LogP contribution in [0.2, 0.25) is 0 Å². The molecule has 2 aromatic rings. The summed E-state index contributed by atoms with van der Waals surface area (Å²) < 4.78 is 10.3. The largest absolute Gasteiger partial charge is 0.493 e. The fourth-order valence-electron chi connectivity index (χ4n) is 2.33. The van der Waals surface area contributed by atoms with Gasteiger partial charge in [0, 0.05) is 24.6 Å². The van der Waals surface area contributed by atoms with E-state index in [4.69, 9.17) is 9.15 Å². The van der Waals surface area contributed by atoms with Crippen molar-refractivity contribution in [1.82, 2.24) is 5.32 Å². The van der Waals surface area contributed by atoms with Gasteiger partial charge in [-0.15, -0.1) is 0 Å². The molecule has 0 fully saturated rings. The third-order valence-electron chi connectivity index (χ3n) is 3.54. The van der Waals surface area contributed by atoms with Gasteiger partial charge in [0.25, 0.3) is 0 Å². The molecule has 1 aromatic heterocycles. The number of ether oxygens (including phenoxy) is 1. The summed E-state index contributed by atoms with van der Waals surface area (Å²) in [6.45, 7) is 0.846. The summed E-state index contributed by atoms with van der Waals surface area (Å²) in [5, 5.41) is 12.8. The van der Waals surface area contributed by atoms with Crippen molar-refractivity contribution in [2.24, 2.45) is 0 Å². The molecule has 1 aromatic carbocycles. The number of aliphatic hydroxyl groups excluding tert-OH is 1. The SMILES string of the molecule is O=C(/C=C/c1ccoc1)NCC(O)c1ccc2c(c1)CCO2. The van der Waals surface area contributed by atoms with Crippen LogP contribution in [0.1, 0.15) is 22.8 Å². The highest BCUT2D eigenvalue weighted by Crippen LogP contribution is 2.27. The highest BCUT2D eigenvalue weighted by Gasteiger charge is 2.15. The number of hydrogen-bond donors (Lipinski definition) is 2. The number of carbonyl (C=O) groups excluding carboxylic acids is 1. The second-order valence-electron chi connectivity index (χ2n) is 5.12. The van der Waals surface area contributed by atoms with E-state index in [1.165, 1.54) is 6.08 Å². The predicted octanol–water partition coefficient (Wildman–Crippen LogP) is 2.08. The molecule has 0 saturated heterocycles. The first-order valence-electron chi connectivity index (χ1n) is 7.14. The van der Waals surface area contributed by atoms with Crippen LogP contribution < -0.4 is 10.1 Å². The summed E-state index contributed by atoms with van der Waals surface area (Å²) in [6, 6.07) is 7.37. The van der Waals surface area contributed by atoms with Gasteiger partial charge in [-0.25, -0.2) is 0 Å². The normalized spacial score (nSPS) is 14.6. The van der Waals surface area contributed by atoms with Crippen molar-refractivity contribution in [2.45, 2.75) is 12.5 Å². The number of rotatable bonds is 5. The zero-order valence-electron chi connectivity index (χ0n) is 12.0. The highest BCUT2D eigenvalue weighted by molar-refractivity contribution is 5.91. The molecule has 1 aliphatic heterocycles. The molecule has 0 saturated carbocycles. The van der Waals surface area contributed by atoms with Crippen LogP contribution in [0.25, 0.3) is 6.08 Å². The smallest absolute Gasteiger partial charge is 0.244 e. The number of fused-ring (bicyclic) bond motifs is 1. The van der Waals surface area contributed by atoms with E-state index in [-0.39, 0.29) is 12.5 Å². The van der Waals surface area contributed by atoms with E-state index in [0.29, 0.717) is 6.61 Å². The highest BCUT2D eigenvalue weighted by atomic mass is 16.5. The van der Waals surface area contributed by atoms with Gasteiger partial charge in [0.15, 0.2) is 0 Å². The lowest BCUT2D eigenvalue weighted by Gasteiger charge is -2.12. The van der Waals surface area contributed by atoms with E-state index >= 15 is 0 Å². The Morgan fingerprint density at radius 3 is 3.14 bits per heavy atom. The number of amides is 1. The second kappa shape index (κ2) is 6.49. The number of nitrogens with one attached hydrogen (secondary N) is 1. The molecule has 0 aliphatic carbocycles. The summed E-state index contributed by atoms with van der Waals surface area (Å²) in [5.41, 5.74) is 2.69. The molecule has 1 amide bonds. The summed E-state index contributed by atoms with van der Waals surface area (Å²) in [5.74, 6) is 0.618. The van der Waals surface area contributed by atoms with Gasteiger partial charge in [0.05, 0.1) is 25.2 Å². The Kier molecular flexibility index (Phi) is 4.25. The van der Waals surface area contributed by atoms with E-state index < -0.39 is 6.10 Å². The van der Waals surface area contributed by atoms with Crippen LogP contribution in [0.5, 0.6) is 5.75 Å². The van der Waals surface area contributed by atoms with E-state index in [1.807, 2.05) is 18.2 Å². The van der Waals surface area contributed by atoms with Crippen LogP contribution in [0.15, 0.2) is 47.3 Å². The van der Waals surface area contributed by atoms with Crippen molar-refractivity contribution >= 4 is 12.0 Å². The zero-order chi connectivity index (χ0) is 15.4. The van der Waals surface area contributed by atoms with Crippen molar-refractivity contribution in [2.75, 3.05) is 13.2 Å². The Morgan fingerprint density at radius 2 is 2.32 bits per heavy atom. The molecule has 114 valence electrons. The maximum atomic E-state index is 11.7. The Bertz CT molecular complexity index is 676. The minimum absolute atomic E-state index is 0.161. The summed E-state index contributed by atoms with van der Waals surface area (Å²) in [6.07, 6.45) is 6.27. The molecule has 0 spiro atoms. The van der Waals surface area contributed by atoms with E-state index in [0.717, 1.165) is 28.9 Å². The molecule has 5 heteroatoms. The lowest BCUT2D eigenvalue weighted by atomic mass is 10.0. The van der Waals surface area contributed by atoms with E-state index in [1.54, 1.807) is 24.7 Å². The van der Waals surface area contributed by atoms with Crippen molar-refractivity contribution in [3.8, 4) is 5.75 Å². The Hall–Kier alpha value is -2.53. The van der Waals surface area contributed by atoms with Crippen molar-refractivity contribution < 1.29 is 19.1 Å². The molecule has 0 radical (unpaired) electrons. The van der Waals surface area contributed by atoms with Gasteiger partial charge in [0.2, 0.25) is 5.91 Å². The molecule has 22 heavy (non-hydrogen) atoms. The van der Waals surface area contributed by atoms with Crippen molar-refractivity contribution in [3.05, 3.63) is 59.6 Å². The molecule has 1 unspecified atom stereocenters. The van der Waals surface area contributed by atoms with Crippen LogP contribution >= 0.6 is 0 Å². The van der Waals surface area contributed by atoms with Gasteiger partial charge >= 0.3 is 0 Å². The summed E-state index contributed by atoms with van der Waals surface area (Å²) in [4.78, 5) is 11.7. The molecule has 0 bridgehead atoms. The van der Waals surface area contributed by atoms with Crippen molar-refractivity contribution in [3.63, 3.8) is 0 Å². The maximum absolute atomic E-state index is 11.7. The number of hydrogen-bond acceptors (Lipinski definition) is 4. The van der Waals surface area contributed by atoms with E-state index in [2.05, 4.69) is 5.32 Å². The molecule has 1 atom stereocenters. The fraction of sp³-hybridized carbons (Fsp3) is 0.235. The van der Waals surface area contributed by atoms with Gasteiger partial charge in [-0.1, -0.05) is 6.07 Å². The topological polar surface area (TPSA) is 71.7 Å². The third kappa shape index (κ3) is 3.38. The Morgan fingerprint density at radius 1 is 1.41 bits per heavy atom. The lowest BCUT2D eigenvalue weighted by molar-refractivity contribution is -0.116. The fourth-order valence-corrected chi connectivity index (χ4v) is 2.33. The molecular weight excluding hydrogens is 282 g/mol. The van der Waals surface area contributed by atoms with Gasteiger partial charge in [0.1, 0.15) is 5.75 Å². The van der Waals surface area contributed by atoms with Crippen LogP contribution in [0.3, 0.4) is 0 Å². The number of benzene rings is 1. The lowest BCUT2D eigenvalue weighted by Crippen LogP contribution is -2.26. The van der Waals surface area contributed by atoms with E-state index in [9.17, 15) is 9.90 Å². The minimum atomic E-state index is -0.739. The average molecular weight is 299 g/mol. The first-order valence-corrected chi connectivity index (χ1v) is 7.14. The van der Waals surface area contributed by atoms with Gasteiger partial charge in [-0.3, -0.25) is 4.79 Å². The average Bonchev–Trinajstić information content (AvgIpc) is 3.20. The van der Waals surface area contributed by atoms with Crippen LogP contribution in [0, 0.1) is 0 Å². The monoisotopic (exact) mass is 299 g/mol. The van der Waals surface area contributed by atoms with Crippen LogP contribution in [-0.4, -0.2) is 24.2 Å². The minimum Gasteiger partial charge on any atom is -0.493 e. The second-order valence-corrected chi connectivity index (χ2v) is 5.12. The first kappa shape index (κ1) is 14.4. The summed E-state index contributed by atoms with van der Waals surface area (Å²) >= 11 is 0. The third-order valence-corrected chi connectivity index (χ3v) is 3.54. The van der Waals surface area contributed by atoms with Gasteiger partial charge in [-0.05, 0) is 35.4 Å². The standard InChI is InChI=1S/C17H17NO4/c19-15(13-2-3-16-14(9-13)6-8-22-16)10-18-17(20)4-1-12-5-7-21-11-12/h1-5,7,9,11,15,19H,6,8,10H2,(H,18,20)/b4-1+. The molecule has 3 rings (SSSR count). The molecule has 2 heterocycles. The number of furan rings is 1. The van der Waals surface area contributed by atoms with Crippen molar-refractivity contribution in [1.29, 1.82) is 0 Å². The van der Waals surface area contributed by atoms with Gasteiger partial charge < -0.3 is 19.6 Å². The zero-order valence-corrected chi connectivity index (χ0v) is 12.0. The molecule has 2 N–H and O–H groups in total. The number of carbonyl (C=O) groups is 1. The predicted molar refractivity (Wildman–Crippen MR) is 81.4 cm³/mol. The Balaban J connectivity index is 1.53. The van der Waals surface area contributed by atoms with Crippen LogP contribution in [0.4, 0.5) is 0 Å². The first-order chi connectivity index (χ1) is 10.7. The van der Waals surface area contributed by atoms with Crippen LogP contribution in [-0.2, 0) is 11.2 Å². The molecular formula is C17H17NO4. The summed E-state index contributed by atoms with van der Waals surface area (Å²) in [7, 11) is 0. The molecule has 5 nitrogen and oxygen atoms in total. The van der Waals surface area contributed by atoms with Gasteiger partial charge in [-0.2, -0.15) is 0 Å². The Labute approximate surface area is 128 Å². The maximum Gasteiger partial charge on any atom is 0.244 e. The molecule has 1 aliphatic rings.